The molecule has 0 spiro atoms. The number of amides is 3. The normalized spacial score (nSPS) is 11.3. The van der Waals surface area contributed by atoms with Crippen LogP contribution >= 0.6 is 0 Å². The van der Waals surface area contributed by atoms with Gasteiger partial charge in [-0.3, -0.25) is 44.4 Å². The van der Waals surface area contributed by atoms with E-state index in [-0.39, 0.29) is 34.0 Å². The lowest BCUT2D eigenvalue weighted by Gasteiger charge is -2.01. The zero-order chi connectivity index (χ0) is 50.5. The second-order valence-corrected chi connectivity index (χ2v) is 14.3. The summed E-state index contributed by atoms with van der Waals surface area (Å²) in [5, 5.41) is 25.3. The average Bonchev–Trinajstić information content (AvgIpc) is 4.02. The van der Waals surface area contributed by atoms with Crippen molar-refractivity contribution in [2.75, 3.05) is 0 Å². The Hall–Kier alpha value is -8.97. The van der Waals surface area contributed by atoms with Gasteiger partial charge < -0.3 is 13.7 Å². The maximum Gasteiger partial charge on any atom is 0.267 e. The fourth-order valence-corrected chi connectivity index (χ4v) is 5.93. The number of nitrogens with zero attached hydrogens (tertiary/aromatic N) is 3. The Balaban J connectivity index is 0.000000225. The van der Waals surface area contributed by atoms with E-state index in [0.717, 1.165) is 17.1 Å². The summed E-state index contributed by atoms with van der Waals surface area (Å²) in [6.07, 6.45) is 17.0. The molecule has 3 aromatic heterocycles. The molecule has 0 aliphatic rings. The standard InChI is InChI=1S/3C17H15FN2O3/c3*1-20-14(5-6-15(20)8-10-17(22)19-23)7-9-16(21)12-3-2-4-13(18)11-12/h3*2-11,23H,1H3,(H,19,22)/b3*9-7+,10-8+. The molecule has 18 heteroatoms. The van der Waals surface area contributed by atoms with Gasteiger partial charge in [-0.2, -0.15) is 0 Å². The molecule has 0 aliphatic carbocycles. The lowest BCUT2D eigenvalue weighted by molar-refractivity contribution is -0.124. The number of ketones is 3. The van der Waals surface area contributed by atoms with Gasteiger partial charge in [0.1, 0.15) is 17.5 Å². The van der Waals surface area contributed by atoms with Gasteiger partial charge in [0, 0.05) is 90.2 Å². The maximum atomic E-state index is 13.1. The molecule has 69 heavy (non-hydrogen) atoms. The number of carbonyl (C=O) groups is 6. The van der Waals surface area contributed by atoms with Gasteiger partial charge >= 0.3 is 0 Å². The van der Waals surface area contributed by atoms with Crippen LogP contribution in [0.15, 0.2) is 146 Å². The molecule has 6 rings (SSSR count). The largest absolute Gasteiger partial charge is 0.345 e. The molecule has 0 atom stereocenters. The van der Waals surface area contributed by atoms with Crippen molar-refractivity contribution in [1.29, 1.82) is 0 Å². The molecular weight excluding hydrogens is 898 g/mol. The molecule has 0 saturated carbocycles. The van der Waals surface area contributed by atoms with Crippen LogP contribution in [0.3, 0.4) is 0 Å². The third kappa shape index (κ3) is 16.5. The van der Waals surface area contributed by atoms with E-state index in [1.54, 1.807) is 108 Å². The number of benzene rings is 3. The van der Waals surface area contributed by atoms with Crippen molar-refractivity contribution >= 4 is 71.5 Å². The van der Waals surface area contributed by atoms with Crippen molar-refractivity contribution in [3.05, 3.63) is 214 Å². The number of hydrogen-bond donors (Lipinski definition) is 6. The van der Waals surface area contributed by atoms with Crippen LogP contribution in [0.5, 0.6) is 0 Å². The molecule has 0 bridgehead atoms. The molecule has 0 unspecified atom stereocenters. The minimum atomic E-state index is -0.635. The van der Waals surface area contributed by atoms with Gasteiger partial charge in [-0.1, -0.05) is 36.4 Å². The Morgan fingerprint density at radius 1 is 0.377 bits per heavy atom. The molecule has 0 fully saturated rings. The number of carbonyl (C=O) groups excluding carboxylic acids is 6. The van der Waals surface area contributed by atoms with Crippen LogP contribution in [-0.2, 0) is 35.5 Å². The first kappa shape index (κ1) is 52.7. The summed E-state index contributed by atoms with van der Waals surface area (Å²) >= 11 is 0. The third-order valence-corrected chi connectivity index (χ3v) is 9.69. The average molecular weight is 943 g/mol. The Bertz CT molecular complexity index is 2690. The van der Waals surface area contributed by atoms with Crippen molar-refractivity contribution in [2.45, 2.75) is 0 Å². The van der Waals surface area contributed by atoms with E-state index < -0.39 is 35.2 Å². The number of rotatable bonds is 15. The SMILES string of the molecule is Cn1c(/C=C/C(=O)NO)ccc1/C=C/C(=O)c1cccc(F)c1.Cn1c(/C=C/C(=O)NO)ccc1/C=C/C(=O)c1cccc(F)c1.Cn1c(/C=C/C(=O)NO)ccc1/C=C/C(=O)c1cccc(F)c1. The van der Waals surface area contributed by atoms with Gasteiger partial charge in [-0.15, -0.1) is 0 Å². The second kappa shape index (κ2) is 26.2. The first-order valence-corrected chi connectivity index (χ1v) is 20.3. The van der Waals surface area contributed by atoms with Gasteiger partial charge in [0.15, 0.2) is 17.3 Å². The summed E-state index contributed by atoms with van der Waals surface area (Å²) in [6, 6.07) is 27.0. The van der Waals surface area contributed by atoms with Crippen LogP contribution in [0.2, 0.25) is 0 Å². The second-order valence-electron chi connectivity index (χ2n) is 14.3. The van der Waals surface area contributed by atoms with Gasteiger partial charge in [0.25, 0.3) is 17.7 Å². The lowest BCUT2D eigenvalue weighted by Crippen LogP contribution is -2.14. The van der Waals surface area contributed by atoms with Crippen molar-refractivity contribution in [3.63, 3.8) is 0 Å². The highest BCUT2D eigenvalue weighted by atomic mass is 19.1. The number of nitrogens with one attached hydrogen (secondary N) is 3. The summed E-state index contributed by atoms with van der Waals surface area (Å²) in [5.74, 6) is -4.20. The molecule has 3 amide bonds. The predicted molar refractivity (Wildman–Crippen MR) is 252 cm³/mol. The Labute approximate surface area is 393 Å². The number of allylic oxidation sites excluding steroid dienone is 3. The Morgan fingerprint density at radius 3 is 0.797 bits per heavy atom. The van der Waals surface area contributed by atoms with Crippen LogP contribution in [0.25, 0.3) is 36.5 Å². The zero-order valence-electron chi connectivity index (χ0n) is 37.1. The number of hydroxylamine groups is 3. The topological polar surface area (TPSA) is 214 Å². The molecule has 6 N–H and O–H groups in total. The minimum absolute atomic E-state index is 0.273. The van der Waals surface area contributed by atoms with E-state index in [1.165, 1.54) is 126 Å². The number of hydrogen-bond acceptors (Lipinski definition) is 9. The molecule has 0 saturated heterocycles. The van der Waals surface area contributed by atoms with Gasteiger partial charge in [-0.05, 0) is 127 Å². The van der Waals surface area contributed by atoms with Crippen LogP contribution < -0.4 is 16.4 Å². The number of aromatic nitrogens is 3. The molecule has 3 heterocycles. The van der Waals surface area contributed by atoms with Crippen LogP contribution in [-0.4, -0.2) is 64.4 Å². The van der Waals surface area contributed by atoms with Crippen molar-refractivity contribution in [2.24, 2.45) is 21.1 Å². The van der Waals surface area contributed by atoms with Crippen LogP contribution in [0, 0.1) is 17.5 Å². The molecule has 0 aliphatic heterocycles. The quantitative estimate of drug-likeness (QED) is 0.0257. The van der Waals surface area contributed by atoms with E-state index in [0.29, 0.717) is 17.1 Å². The Kier molecular flexibility index (Phi) is 20.0. The molecule has 3 aromatic carbocycles. The van der Waals surface area contributed by atoms with Gasteiger partial charge in [0.05, 0.1) is 0 Å². The molecule has 0 radical (unpaired) electrons. The van der Waals surface area contributed by atoms with E-state index in [9.17, 15) is 41.9 Å². The zero-order valence-corrected chi connectivity index (χ0v) is 37.1. The lowest BCUT2D eigenvalue weighted by atomic mass is 10.1. The highest BCUT2D eigenvalue weighted by Gasteiger charge is 2.08. The molecular formula is C51H45F3N6O9. The van der Waals surface area contributed by atoms with Gasteiger partial charge in [0.2, 0.25) is 0 Å². The highest BCUT2D eigenvalue weighted by molar-refractivity contribution is 6.08. The summed E-state index contributed by atoms with van der Waals surface area (Å²) in [4.78, 5) is 68.8. The highest BCUT2D eigenvalue weighted by Crippen LogP contribution is 2.15. The van der Waals surface area contributed by atoms with Crippen molar-refractivity contribution in [1.82, 2.24) is 30.1 Å². The third-order valence-electron chi connectivity index (χ3n) is 9.69. The van der Waals surface area contributed by atoms with E-state index in [2.05, 4.69) is 0 Å². The fourth-order valence-electron chi connectivity index (χ4n) is 5.93. The monoisotopic (exact) mass is 942 g/mol. The minimum Gasteiger partial charge on any atom is -0.345 e. The van der Waals surface area contributed by atoms with E-state index in [4.69, 9.17) is 15.6 Å². The predicted octanol–water partition coefficient (Wildman–Crippen LogP) is 7.74. The fraction of sp³-hybridized carbons (Fsp3) is 0.0588. The van der Waals surface area contributed by atoms with Crippen LogP contribution in [0.1, 0.15) is 65.2 Å². The first-order valence-electron chi connectivity index (χ1n) is 20.3. The Morgan fingerprint density at radius 2 is 0.594 bits per heavy atom. The van der Waals surface area contributed by atoms with Crippen molar-refractivity contribution < 1.29 is 57.6 Å². The summed E-state index contributed by atoms with van der Waals surface area (Å²) in [6.45, 7) is 0. The smallest absolute Gasteiger partial charge is 0.267 e. The van der Waals surface area contributed by atoms with E-state index in [1.807, 2.05) is 0 Å². The summed E-state index contributed by atoms with van der Waals surface area (Å²) < 4.78 is 44.6. The van der Waals surface area contributed by atoms with Gasteiger partial charge in [-0.25, -0.2) is 29.6 Å². The maximum absolute atomic E-state index is 13.1. The molecule has 354 valence electrons. The summed E-state index contributed by atoms with van der Waals surface area (Å²) in [7, 11) is 5.30. The van der Waals surface area contributed by atoms with Crippen LogP contribution in [0.4, 0.5) is 13.2 Å². The van der Waals surface area contributed by atoms with Crippen molar-refractivity contribution in [3.8, 4) is 0 Å². The first-order chi connectivity index (χ1) is 33.0. The summed E-state index contributed by atoms with van der Waals surface area (Å²) in [5.41, 5.74) is 9.67. The molecule has 6 aromatic rings. The molecule has 15 nitrogen and oxygen atoms in total. The number of halogens is 3. The van der Waals surface area contributed by atoms with E-state index >= 15 is 0 Å².